The molecule has 18 heavy (non-hydrogen) atoms. The Morgan fingerprint density at radius 2 is 2.39 bits per heavy atom. The predicted molar refractivity (Wildman–Crippen MR) is 67.2 cm³/mol. The van der Waals surface area contributed by atoms with E-state index >= 15 is 0 Å². The maximum absolute atomic E-state index is 12.2. The van der Waals surface area contributed by atoms with Gasteiger partial charge >= 0.3 is 0 Å². The molecule has 2 rings (SSSR count). The van der Waals surface area contributed by atoms with Crippen LogP contribution in [0.15, 0.2) is 24.5 Å². The van der Waals surface area contributed by atoms with Crippen molar-refractivity contribution in [3.8, 4) is 6.07 Å². The summed E-state index contributed by atoms with van der Waals surface area (Å²) >= 11 is 0. The van der Waals surface area contributed by atoms with Gasteiger partial charge in [0.25, 0.3) is 0 Å². The highest BCUT2D eigenvalue weighted by atomic mass is 16.2. The van der Waals surface area contributed by atoms with Gasteiger partial charge in [-0.1, -0.05) is 13.0 Å². The molecule has 0 saturated heterocycles. The third-order valence-electron chi connectivity index (χ3n) is 3.57. The summed E-state index contributed by atoms with van der Waals surface area (Å²) in [5, 5.41) is 12.1. The SMILES string of the molecule is CC1CC(C#N)(C(=O)NC(C)c2cccnc2)C1. The number of hydrogen-bond donors (Lipinski definition) is 1. The molecule has 1 aromatic rings. The van der Waals surface area contributed by atoms with Crippen LogP contribution in [0.2, 0.25) is 0 Å². The minimum atomic E-state index is -0.810. The van der Waals surface area contributed by atoms with Gasteiger partial charge in [0.15, 0.2) is 0 Å². The number of amides is 1. The molecule has 1 amide bonds. The summed E-state index contributed by atoms with van der Waals surface area (Å²) in [6.07, 6.45) is 4.75. The van der Waals surface area contributed by atoms with Gasteiger partial charge < -0.3 is 5.32 Å². The van der Waals surface area contributed by atoms with Crippen LogP contribution in [0.25, 0.3) is 0 Å². The lowest BCUT2D eigenvalue weighted by atomic mass is 9.63. The molecule has 4 nitrogen and oxygen atoms in total. The molecule has 0 aliphatic heterocycles. The highest BCUT2D eigenvalue weighted by molar-refractivity contribution is 5.86. The second kappa shape index (κ2) is 4.77. The Kier molecular flexibility index (Phi) is 3.33. The first-order chi connectivity index (χ1) is 8.57. The smallest absolute Gasteiger partial charge is 0.240 e. The molecule has 1 atom stereocenters. The highest BCUT2D eigenvalue weighted by Crippen LogP contribution is 2.45. The molecule has 94 valence electrons. The minimum Gasteiger partial charge on any atom is -0.348 e. The van der Waals surface area contributed by atoms with Crippen molar-refractivity contribution in [2.45, 2.75) is 32.7 Å². The van der Waals surface area contributed by atoms with Crippen LogP contribution >= 0.6 is 0 Å². The van der Waals surface area contributed by atoms with Gasteiger partial charge in [-0.25, -0.2) is 0 Å². The van der Waals surface area contributed by atoms with Gasteiger partial charge in [0.1, 0.15) is 5.41 Å². The van der Waals surface area contributed by atoms with Crippen LogP contribution in [-0.4, -0.2) is 10.9 Å². The molecule has 1 fully saturated rings. The molecule has 0 bridgehead atoms. The normalized spacial score (nSPS) is 27.7. The Morgan fingerprint density at radius 3 is 2.89 bits per heavy atom. The van der Waals surface area contributed by atoms with Crippen LogP contribution in [-0.2, 0) is 4.79 Å². The number of carbonyl (C=O) groups is 1. The van der Waals surface area contributed by atoms with Crippen LogP contribution in [0.3, 0.4) is 0 Å². The Morgan fingerprint density at radius 1 is 1.67 bits per heavy atom. The molecule has 0 spiro atoms. The van der Waals surface area contributed by atoms with E-state index in [2.05, 4.69) is 23.3 Å². The Labute approximate surface area is 107 Å². The van der Waals surface area contributed by atoms with Crippen LogP contribution in [0.5, 0.6) is 0 Å². The van der Waals surface area contributed by atoms with E-state index in [1.807, 2.05) is 19.1 Å². The van der Waals surface area contributed by atoms with Crippen molar-refractivity contribution in [3.63, 3.8) is 0 Å². The number of hydrogen-bond acceptors (Lipinski definition) is 3. The predicted octanol–water partition coefficient (Wildman–Crippen LogP) is 2.20. The second-order valence-electron chi connectivity index (χ2n) is 5.19. The summed E-state index contributed by atoms with van der Waals surface area (Å²) in [6.45, 7) is 3.97. The van der Waals surface area contributed by atoms with E-state index < -0.39 is 5.41 Å². The van der Waals surface area contributed by atoms with E-state index in [4.69, 9.17) is 0 Å². The van der Waals surface area contributed by atoms with Crippen LogP contribution in [0.4, 0.5) is 0 Å². The van der Waals surface area contributed by atoms with Crippen molar-refractivity contribution in [2.75, 3.05) is 0 Å². The Balaban J connectivity index is 2.02. The molecule has 1 aliphatic carbocycles. The highest BCUT2D eigenvalue weighted by Gasteiger charge is 2.49. The standard InChI is InChI=1S/C14H17N3O/c1-10-6-14(7-10,9-15)13(18)17-11(2)12-4-3-5-16-8-12/h3-5,8,10-11H,6-7H2,1-2H3,(H,17,18). The first-order valence-corrected chi connectivity index (χ1v) is 6.19. The summed E-state index contributed by atoms with van der Waals surface area (Å²) in [6, 6.07) is 5.81. The van der Waals surface area contributed by atoms with Gasteiger partial charge in [0, 0.05) is 12.4 Å². The molecule has 0 aromatic carbocycles. The van der Waals surface area contributed by atoms with Crippen molar-refractivity contribution in [2.24, 2.45) is 11.3 Å². The van der Waals surface area contributed by atoms with Gasteiger partial charge in [-0.2, -0.15) is 5.26 Å². The lowest BCUT2D eigenvalue weighted by Gasteiger charge is -2.39. The maximum Gasteiger partial charge on any atom is 0.240 e. The Hall–Kier alpha value is -1.89. The van der Waals surface area contributed by atoms with Gasteiger partial charge in [-0.3, -0.25) is 9.78 Å². The van der Waals surface area contributed by atoms with E-state index in [0.717, 1.165) is 5.56 Å². The van der Waals surface area contributed by atoms with Gasteiger partial charge in [-0.15, -0.1) is 0 Å². The summed E-state index contributed by atoms with van der Waals surface area (Å²) < 4.78 is 0. The largest absolute Gasteiger partial charge is 0.348 e. The van der Waals surface area contributed by atoms with Crippen LogP contribution in [0.1, 0.15) is 38.3 Å². The zero-order valence-corrected chi connectivity index (χ0v) is 10.7. The van der Waals surface area contributed by atoms with Crippen LogP contribution < -0.4 is 5.32 Å². The fourth-order valence-electron chi connectivity index (χ4n) is 2.51. The van der Waals surface area contributed by atoms with Gasteiger partial charge in [0.05, 0.1) is 12.1 Å². The molecule has 1 heterocycles. The summed E-state index contributed by atoms with van der Waals surface area (Å²) in [4.78, 5) is 16.2. The number of nitriles is 1. The lowest BCUT2D eigenvalue weighted by molar-refractivity contribution is -0.134. The summed E-state index contributed by atoms with van der Waals surface area (Å²) in [5.41, 5.74) is 0.141. The topological polar surface area (TPSA) is 65.8 Å². The molecular formula is C14H17N3O. The average molecular weight is 243 g/mol. The van der Waals surface area contributed by atoms with Crippen LogP contribution in [0, 0.1) is 22.7 Å². The number of pyridine rings is 1. The fraction of sp³-hybridized carbons (Fsp3) is 0.500. The number of aromatic nitrogens is 1. The van der Waals surface area contributed by atoms with Crippen molar-refractivity contribution in [1.82, 2.24) is 10.3 Å². The molecular weight excluding hydrogens is 226 g/mol. The average Bonchev–Trinajstić information content (AvgIpc) is 2.35. The number of carbonyl (C=O) groups excluding carboxylic acids is 1. The lowest BCUT2D eigenvalue weighted by Crippen LogP contribution is -2.48. The van der Waals surface area contributed by atoms with Gasteiger partial charge in [-0.05, 0) is 37.3 Å². The summed E-state index contributed by atoms with van der Waals surface area (Å²) in [7, 11) is 0. The van der Waals surface area contributed by atoms with Crippen molar-refractivity contribution >= 4 is 5.91 Å². The first-order valence-electron chi connectivity index (χ1n) is 6.19. The molecule has 1 aliphatic rings. The molecule has 4 heteroatoms. The third kappa shape index (κ3) is 2.21. The zero-order valence-electron chi connectivity index (χ0n) is 10.7. The number of nitrogens with one attached hydrogen (secondary N) is 1. The minimum absolute atomic E-state index is 0.118. The molecule has 1 N–H and O–H groups in total. The third-order valence-corrected chi connectivity index (χ3v) is 3.57. The monoisotopic (exact) mass is 243 g/mol. The van der Waals surface area contributed by atoms with E-state index in [1.54, 1.807) is 12.4 Å². The molecule has 1 saturated carbocycles. The first kappa shape index (κ1) is 12.6. The van der Waals surface area contributed by atoms with Crippen molar-refractivity contribution < 1.29 is 4.79 Å². The maximum atomic E-state index is 12.2. The Bertz CT molecular complexity index is 472. The van der Waals surface area contributed by atoms with Crippen molar-refractivity contribution in [1.29, 1.82) is 5.26 Å². The second-order valence-corrected chi connectivity index (χ2v) is 5.19. The van der Waals surface area contributed by atoms with E-state index in [-0.39, 0.29) is 11.9 Å². The van der Waals surface area contributed by atoms with E-state index in [9.17, 15) is 10.1 Å². The van der Waals surface area contributed by atoms with Gasteiger partial charge in [0.2, 0.25) is 5.91 Å². The van der Waals surface area contributed by atoms with Crippen molar-refractivity contribution in [3.05, 3.63) is 30.1 Å². The quantitative estimate of drug-likeness (QED) is 0.885. The zero-order chi connectivity index (χ0) is 13.2. The molecule has 0 radical (unpaired) electrons. The molecule has 1 unspecified atom stereocenters. The number of rotatable bonds is 3. The van der Waals surface area contributed by atoms with E-state index in [0.29, 0.717) is 18.8 Å². The summed E-state index contributed by atoms with van der Waals surface area (Å²) in [5.74, 6) is 0.309. The fourth-order valence-corrected chi connectivity index (χ4v) is 2.51. The van der Waals surface area contributed by atoms with E-state index in [1.165, 1.54) is 0 Å². The number of nitrogens with zero attached hydrogens (tertiary/aromatic N) is 2. The molecule has 1 aromatic heterocycles.